The molecular weight excluding hydrogens is 234 g/mol. The summed E-state index contributed by atoms with van der Waals surface area (Å²) in [7, 11) is 1.81. The van der Waals surface area contributed by atoms with Gasteiger partial charge in [0, 0.05) is 6.54 Å². The molecule has 1 N–H and O–H groups in total. The van der Waals surface area contributed by atoms with Crippen molar-refractivity contribution in [1.29, 1.82) is 0 Å². The Labute approximate surface area is 98.3 Å². The number of aliphatic hydroxyl groups is 1. The number of rotatable bonds is 5. The van der Waals surface area contributed by atoms with E-state index in [1.165, 1.54) is 11.3 Å². The standard InChI is InChI=1S/C10H14ClNO2S/c1-7(13)5-12(2)6-8(14)9-3-4-10(11)15-9/h3-4,7,13H,5-6H2,1-2H3. The summed E-state index contributed by atoms with van der Waals surface area (Å²) < 4.78 is 0.622. The Morgan fingerprint density at radius 2 is 2.33 bits per heavy atom. The number of halogens is 1. The zero-order valence-electron chi connectivity index (χ0n) is 8.74. The maximum absolute atomic E-state index is 11.7. The summed E-state index contributed by atoms with van der Waals surface area (Å²) in [6.07, 6.45) is -0.422. The predicted molar refractivity (Wildman–Crippen MR) is 62.8 cm³/mol. The van der Waals surface area contributed by atoms with Crippen LogP contribution in [0.3, 0.4) is 0 Å². The van der Waals surface area contributed by atoms with E-state index in [4.69, 9.17) is 16.7 Å². The van der Waals surface area contributed by atoms with Crippen LogP contribution in [-0.4, -0.2) is 42.0 Å². The van der Waals surface area contributed by atoms with E-state index in [2.05, 4.69) is 0 Å². The summed E-state index contributed by atoms with van der Waals surface area (Å²) in [5.41, 5.74) is 0. The smallest absolute Gasteiger partial charge is 0.186 e. The molecule has 1 atom stereocenters. The molecule has 1 heterocycles. The van der Waals surface area contributed by atoms with E-state index in [0.29, 0.717) is 22.3 Å². The number of thiophene rings is 1. The lowest BCUT2D eigenvalue weighted by Crippen LogP contribution is -2.31. The molecule has 15 heavy (non-hydrogen) atoms. The maximum atomic E-state index is 11.7. The first-order valence-electron chi connectivity index (χ1n) is 4.64. The average Bonchev–Trinajstić information content (AvgIpc) is 2.49. The van der Waals surface area contributed by atoms with Gasteiger partial charge in [-0.15, -0.1) is 11.3 Å². The second-order valence-electron chi connectivity index (χ2n) is 3.57. The molecule has 0 aliphatic heterocycles. The van der Waals surface area contributed by atoms with Crippen molar-refractivity contribution in [2.45, 2.75) is 13.0 Å². The van der Waals surface area contributed by atoms with Gasteiger partial charge >= 0.3 is 0 Å². The fourth-order valence-electron chi connectivity index (χ4n) is 1.30. The average molecular weight is 248 g/mol. The number of hydrogen-bond donors (Lipinski definition) is 1. The van der Waals surface area contributed by atoms with Gasteiger partial charge in [-0.2, -0.15) is 0 Å². The Kier molecular flexibility index (Phi) is 4.73. The summed E-state index contributed by atoms with van der Waals surface area (Å²) in [5, 5.41) is 9.14. The van der Waals surface area contributed by atoms with E-state index in [-0.39, 0.29) is 5.78 Å². The number of carbonyl (C=O) groups excluding carboxylic acids is 1. The molecule has 0 fully saturated rings. The van der Waals surface area contributed by atoms with Crippen molar-refractivity contribution >= 4 is 28.7 Å². The molecule has 84 valence electrons. The lowest BCUT2D eigenvalue weighted by atomic mass is 10.3. The maximum Gasteiger partial charge on any atom is 0.186 e. The topological polar surface area (TPSA) is 40.5 Å². The van der Waals surface area contributed by atoms with Crippen LogP contribution in [0.1, 0.15) is 16.6 Å². The van der Waals surface area contributed by atoms with E-state index in [1.54, 1.807) is 31.0 Å². The lowest BCUT2D eigenvalue weighted by molar-refractivity contribution is 0.0905. The van der Waals surface area contributed by atoms with E-state index >= 15 is 0 Å². The van der Waals surface area contributed by atoms with Crippen LogP contribution in [0.25, 0.3) is 0 Å². The number of aliphatic hydroxyl groups excluding tert-OH is 1. The van der Waals surface area contributed by atoms with E-state index in [0.717, 1.165) is 0 Å². The summed E-state index contributed by atoms with van der Waals surface area (Å²) in [6.45, 7) is 2.50. The van der Waals surface area contributed by atoms with Gasteiger partial charge in [-0.25, -0.2) is 0 Å². The number of Topliss-reactive ketones (excluding diaryl/α,β-unsaturated/α-hetero) is 1. The third-order valence-corrected chi connectivity index (χ3v) is 3.11. The van der Waals surface area contributed by atoms with Crippen LogP contribution in [0, 0.1) is 0 Å². The minimum atomic E-state index is -0.422. The Bertz CT molecular complexity index is 338. The number of carbonyl (C=O) groups is 1. The summed E-state index contributed by atoms with van der Waals surface area (Å²) in [6, 6.07) is 3.44. The molecule has 1 unspecified atom stereocenters. The Balaban J connectivity index is 2.49. The summed E-state index contributed by atoms with van der Waals surface area (Å²) >= 11 is 7.02. The highest BCUT2D eigenvalue weighted by molar-refractivity contribution is 7.18. The number of likely N-dealkylation sites (N-methyl/N-ethyl adjacent to an activating group) is 1. The van der Waals surface area contributed by atoms with Crippen molar-refractivity contribution in [3.05, 3.63) is 21.3 Å². The molecule has 5 heteroatoms. The lowest BCUT2D eigenvalue weighted by Gasteiger charge is -2.16. The molecule has 0 saturated carbocycles. The van der Waals surface area contributed by atoms with Gasteiger partial charge in [-0.05, 0) is 26.1 Å². The van der Waals surface area contributed by atoms with E-state index < -0.39 is 6.10 Å². The van der Waals surface area contributed by atoms with Crippen LogP contribution in [0.4, 0.5) is 0 Å². The summed E-state index contributed by atoms with van der Waals surface area (Å²) in [5.74, 6) is 0.0371. The van der Waals surface area contributed by atoms with E-state index in [1.807, 2.05) is 0 Å². The number of nitrogens with zero attached hydrogens (tertiary/aromatic N) is 1. The van der Waals surface area contributed by atoms with Gasteiger partial charge in [0.15, 0.2) is 5.78 Å². The van der Waals surface area contributed by atoms with Crippen molar-refractivity contribution in [3.8, 4) is 0 Å². The van der Waals surface area contributed by atoms with Crippen LogP contribution in [0.5, 0.6) is 0 Å². The van der Waals surface area contributed by atoms with Crippen molar-refractivity contribution in [2.24, 2.45) is 0 Å². The van der Waals surface area contributed by atoms with Crippen molar-refractivity contribution < 1.29 is 9.90 Å². The minimum absolute atomic E-state index is 0.0371. The number of ketones is 1. The van der Waals surface area contributed by atoms with Crippen molar-refractivity contribution in [1.82, 2.24) is 4.90 Å². The molecule has 0 aromatic carbocycles. The highest BCUT2D eigenvalue weighted by Crippen LogP contribution is 2.21. The van der Waals surface area contributed by atoms with Gasteiger partial charge in [0.1, 0.15) is 0 Å². The highest BCUT2D eigenvalue weighted by Gasteiger charge is 2.12. The molecule has 1 rings (SSSR count). The van der Waals surface area contributed by atoms with Gasteiger partial charge in [-0.3, -0.25) is 9.69 Å². The van der Waals surface area contributed by atoms with Gasteiger partial charge in [0.25, 0.3) is 0 Å². The molecule has 0 aliphatic rings. The quantitative estimate of drug-likeness (QED) is 0.808. The minimum Gasteiger partial charge on any atom is -0.392 e. The zero-order valence-corrected chi connectivity index (χ0v) is 10.3. The number of hydrogen-bond acceptors (Lipinski definition) is 4. The SMILES string of the molecule is CC(O)CN(C)CC(=O)c1ccc(Cl)s1. The fraction of sp³-hybridized carbons (Fsp3) is 0.500. The Hall–Kier alpha value is -0.420. The molecule has 3 nitrogen and oxygen atoms in total. The molecule has 0 amide bonds. The second-order valence-corrected chi connectivity index (χ2v) is 5.29. The monoisotopic (exact) mass is 247 g/mol. The first kappa shape index (κ1) is 12.6. The molecular formula is C10H14ClNO2S. The molecule has 1 aromatic heterocycles. The normalized spacial score (nSPS) is 13.1. The van der Waals surface area contributed by atoms with E-state index in [9.17, 15) is 4.79 Å². The Morgan fingerprint density at radius 3 is 2.80 bits per heavy atom. The Morgan fingerprint density at radius 1 is 1.67 bits per heavy atom. The van der Waals surface area contributed by atoms with Crippen molar-refractivity contribution in [3.63, 3.8) is 0 Å². The van der Waals surface area contributed by atoms with Crippen LogP contribution < -0.4 is 0 Å². The first-order chi connectivity index (χ1) is 6.99. The van der Waals surface area contributed by atoms with Crippen LogP contribution in [-0.2, 0) is 0 Å². The predicted octanol–water partition coefficient (Wildman–Crippen LogP) is 1.90. The third kappa shape index (κ3) is 4.30. The van der Waals surface area contributed by atoms with Crippen LogP contribution in [0.15, 0.2) is 12.1 Å². The van der Waals surface area contributed by atoms with Crippen molar-refractivity contribution in [2.75, 3.05) is 20.1 Å². The van der Waals surface area contributed by atoms with Gasteiger partial charge in [0.2, 0.25) is 0 Å². The fourth-order valence-corrected chi connectivity index (χ4v) is 2.28. The first-order valence-corrected chi connectivity index (χ1v) is 5.83. The van der Waals surface area contributed by atoms with Crippen LogP contribution in [0.2, 0.25) is 4.34 Å². The van der Waals surface area contributed by atoms with Crippen LogP contribution >= 0.6 is 22.9 Å². The molecule has 0 saturated heterocycles. The van der Waals surface area contributed by atoms with Gasteiger partial charge < -0.3 is 5.11 Å². The third-order valence-electron chi connectivity index (χ3n) is 1.84. The molecule has 1 aromatic rings. The highest BCUT2D eigenvalue weighted by atomic mass is 35.5. The molecule has 0 spiro atoms. The zero-order chi connectivity index (χ0) is 11.4. The second kappa shape index (κ2) is 5.61. The molecule has 0 radical (unpaired) electrons. The molecule has 0 bridgehead atoms. The van der Waals surface area contributed by atoms with Gasteiger partial charge in [-0.1, -0.05) is 11.6 Å². The largest absolute Gasteiger partial charge is 0.392 e. The van der Waals surface area contributed by atoms with Gasteiger partial charge in [0.05, 0.1) is 21.9 Å². The summed E-state index contributed by atoms with van der Waals surface area (Å²) in [4.78, 5) is 14.1. The molecule has 0 aliphatic carbocycles.